The lowest BCUT2D eigenvalue weighted by molar-refractivity contribution is -0.126. The first-order valence-corrected chi connectivity index (χ1v) is 9.42. The van der Waals surface area contributed by atoms with Gasteiger partial charge < -0.3 is 11.1 Å². The van der Waals surface area contributed by atoms with Gasteiger partial charge in [-0.25, -0.2) is 4.68 Å². The van der Waals surface area contributed by atoms with E-state index in [1.807, 2.05) is 71.5 Å². The SMILES string of the molecule is NC1(C(=O)NCc2cn(-c3ccccc3)nc2-c2ccccc2)CCCC1. The molecule has 5 nitrogen and oxygen atoms in total. The van der Waals surface area contributed by atoms with Crippen molar-refractivity contribution in [1.29, 1.82) is 0 Å². The fourth-order valence-corrected chi connectivity index (χ4v) is 3.68. The highest BCUT2D eigenvalue weighted by molar-refractivity contribution is 5.86. The van der Waals surface area contributed by atoms with E-state index in [1.54, 1.807) is 0 Å². The van der Waals surface area contributed by atoms with Crippen molar-refractivity contribution in [2.45, 2.75) is 37.8 Å². The zero-order valence-corrected chi connectivity index (χ0v) is 15.3. The summed E-state index contributed by atoms with van der Waals surface area (Å²) in [5.74, 6) is -0.0635. The van der Waals surface area contributed by atoms with Crippen LogP contribution in [-0.4, -0.2) is 21.2 Å². The summed E-state index contributed by atoms with van der Waals surface area (Å²) in [6.07, 6.45) is 5.54. The van der Waals surface area contributed by atoms with Crippen molar-refractivity contribution < 1.29 is 4.79 Å². The minimum absolute atomic E-state index is 0.0635. The zero-order chi connectivity index (χ0) is 18.7. The number of carbonyl (C=O) groups is 1. The lowest BCUT2D eigenvalue weighted by Gasteiger charge is -2.22. The average Bonchev–Trinajstić information content (AvgIpc) is 3.35. The van der Waals surface area contributed by atoms with Crippen LogP contribution in [0.25, 0.3) is 16.9 Å². The standard InChI is InChI=1S/C22H24N4O/c23-22(13-7-8-14-22)21(27)24-15-18-16-26(19-11-5-2-6-12-19)25-20(18)17-9-3-1-4-10-17/h1-6,9-12,16H,7-8,13-15,23H2,(H,24,27). The average molecular weight is 360 g/mol. The third kappa shape index (κ3) is 3.64. The van der Waals surface area contributed by atoms with Gasteiger partial charge in [0.25, 0.3) is 0 Å². The Bertz CT molecular complexity index is 912. The Morgan fingerprint density at radius 3 is 2.33 bits per heavy atom. The lowest BCUT2D eigenvalue weighted by atomic mass is 9.98. The molecule has 0 aliphatic heterocycles. The van der Waals surface area contributed by atoms with Crippen LogP contribution in [0.15, 0.2) is 66.9 Å². The second-order valence-electron chi connectivity index (χ2n) is 7.20. The Labute approximate surface area is 159 Å². The molecule has 2 aromatic carbocycles. The van der Waals surface area contributed by atoms with Gasteiger partial charge in [-0.15, -0.1) is 0 Å². The van der Waals surface area contributed by atoms with Gasteiger partial charge in [0.2, 0.25) is 5.91 Å². The molecule has 4 rings (SSSR count). The molecule has 1 aromatic heterocycles. The maximum atomic E-state index is 12.6. The quantitative estimate of drug-likeness (QED) is 0.732. The van der Waals surface area contributed by atoms with Crippen LogP contribution in [0, 0.1) is 0 Å². The van der Waals surface area contributed by atoms with Crippen molar-refractivity contribution in [3.05, 3.63) is 72.4 Å². The van der Waals surface area contributed by atoms with Gasteiger partial charge in [-0.05, 0) is 25.0 Å². The van der Waals surface area contributed by atoms with E-state index in [2.05, 4.69) is 5.32 Å². The van der Waals surface area contributed by atoms with E-state index in [9.17, 15) is 4.79 Å². The van der Waals surface area contributed by atoms with Crippen LogP contribution in [0.2, 0.25) is 0 Å². The fourth-order valence-electron chi connectivity index (χ4n) is 3.68. The van der Waals surface area contributed by atoms with Crippen molar-refractivity contribution in [3.8, 4) is 16.9 Å². The number of nitrogens with zero attached hydrogens (tertiary/aromatic N) is 2. The summed E-state index contributed by atoms with van der Waals surface area (Å²) >= 11 is 0. The van der Waals surface area contributed by atoms with Gasteiger partial charge in [-0.3, -0.25) is 4.79 Å². The van der Waals surface area contributed by atoms with Crippen molar-refractivity contribution in [3.63, 3.8) is 0 Å². The molecule has 138 valence electrons. The molecule has 5 heteroatoms. The lowest BCUT2D eigenvalue weighted by Crippen LogP contribution is -2.51. The summed E-state index contributed by atoms with van der Waals surface area (Å²) in [7, 11) is 0. The topological polar surface area (TPSA) is 72.9 Å². The number of carbonyl (C=O) groups excluding carboxylic acids is 1. The Morgan fingerprint density at radius 2 is 1.67 bits per heavy atom. The normalized spacial score (nSPS) is 15.6. The molecule has 1 heterocycles. The van der Waals surface area contributed by atoms with Crippen LogP contribution in [0.5, 0.6) is 0 Å². The van der Waals surface area contributed by atoms with Crippen LogP contribution in [0.4, 0.5) is 0 Å². The zero-order valence-electron chi connectivity index (χ0n) is 15.3. The van der Waals surface area contributed by atoms with Crippen LogP contribution in [-0.2, 0) is 11.3 Å². The minimum atomic E-state index is -0.720. The second-order valence-corrected chi connectivity index (χ2v) is 7.20. The predicted octanol–water partition coefficient (Wildman–Crippen LogP) is 3.43. The summed E-state index contributed by atoms with van der Waals surface area (Å²) in [5.41, 5.74) is 9.42. The Hall–Kier alpha value is -2.92. The number of benzene rings is 2. The van der Waals surface area contributed by atoms with Crippen LogP contribution >= 0.6 is 0 Å². The first-order chi connectivity index (χ1) is 13.2. The minimum Gasteiger partial charge on any atom is -0.350 e. The summed E-state index contributed by atoms with van der Waals surface area (Å²) in [4.78, 5) is 12.6. The molecule has 3 N–H and O–H groups in total. The van der Waals surface area contributed by atoms with Crippen molar-refractivity contribution in [2.75, 3.05) is 0 Å². The van der Waals surface area contributed by atoms with Crippen LogP contribution in [0.1, 0.15) is 31.2 Å². The number of aromatic nitrogens is 2. The van der Waals surface area contributed by atoms with Crippen molar-refractivity contribution in [2.24, 2.45) is 5.73 Å². The van der Waals surface area contributed by atoms with E-state index in [0.717, 1.165) is 48.2 Å². The molecule has 0 atom stereocenters. The van der Waals surface area contributed by atoms with Gasteiger partial charge in [-0.2, -0.15) is 5.10 Å². The molecule has 1 saturated carbocycles. The molecule has 27 heavy (non-hydrogen) atoms. The first kappa shape index (κ1) is 17.5. The van der Waals surface area contributed by atoms with E-state index >= 15 is 0 Å². The number of hydrogen-bond acceptors (Lipinski definition) is 3. The van der Waals surface area contributed by atoms with Gasteiger partial charge in [0.05, 0.1) is 16.9 Å². The van der Waals surface area contributed by atoms with E-state index in [0.29, 0.717) is 6.54 Å². The van der Waals surface area contributed by atoms with Gasteiger partial charge in [0, 0.05) is 23.9 Å². The molecule has 1 aliphatic carbocycles. The van der Waals surface area contributed by atoms with Crippen molar-refractivity contribution >= 4 is 5.91 Å². The molecule has 1 aliphatic rings. The fraction of sp³-hybridized carbons (Fsp3) is 0.273. The number of rotatable bonds is 5. The van der Waals surface area contributed by atoms with E-state index in [1.165, 1.54) is 0 Å². The van der Waals surface area contributed by atoms with Gasteiger partial charge in [0.15, 0.2) is 0 Å². The Balaban J connectivity index is 1.62. The molecule has 1 fully saturated rings. The van der Waals surface area contributed by atoms with E-state index in [4.69, 9.17) is 10.8 Å². The van der Waals surface area contributed by atoms with Crippen molar-refractivity contribution in [1.82, 2.24) is 15.1 Å². The monoisotopic (exact) mass is 360 g/mol. The molecule has 0 bridgehead atoms. The molecular weight excluding hydrogens is 336 g/mol. The highest BCUT2D eigenvalue weighted by Crippen LogP contribution is 2.28. The van der Waals surface area contributed by atoms with E-state index in [-0.39, 0.29) is 5.91 Å². The van der Waals surface area contributed by atoms with E-state index < -0.39 is 5.54 Å². The number of amides is 1. The summed E-state index contributed by atoms with van der Waals surface area (Å²) in [5, 5.41) is 7.82. The third-order valence-electron chi connectivity index (χ3n) is 5.25. The highest BCUT2D eigenvalue weighted by Gasteiger charge is 2.36. The summed E-state index contributed by atoms with van der Waals surface area (Å²) < 4.78 is 1.86. The molecule has 0 spiro atoms. The summed E-state index contributed by atoms with van der Waals surface area (Å²) in [6.45, 7) is 0.412. The molecule has 0 unspecified atom stereocenters. The van der Waals surface area contributed by atoms with Gasteiger partial charge in [0.1, 0.15) is 0 Å². The molecule has 0 radical (unpaired) electrons. The molecule has 0 saturated heterocycles. The second kappa shape index (κ2) is 7.37. The largest absolute Gasteiger partial charge is 0.350 e. The van der Waals surface area contributed by atoms with Crippen LogP contribution in [0.3, 0.4) is 0 Å². The number of para-hydroxylation sites is 1. The van der Waals surface area contributed by atoms with Crippen LogP contribution < -0.4 is 11.1 Å². The Morgan fingerprint density at radius 1 is 1.04 bits per heavy atom. The Kier molecular flexibility index (Phi) is 4.77. The number of nitrogens with two attached hydrogens (primary N) is 1. The maximum absolute atomic E-state index is 12.6. The first-order valence-electron chi connectivity index (χ1n) is 9.42. The smallest absolute Gasteiger partial charge is 0.240 e. The molecular formula is C22H24N4O. The van der Waals surface area contributed by atoms with Gasteiger partial charge >= 0.3 is 0 Å². The predicted molar refractivity (Wildman–Crippen MR) is 106 cm³/mol. The van der Waals surface area contributed by atoms with Gasteiger partial charge in [-0.1, -0.05) is 61.4 Å². The molecule has 3 aromatic rings. The maximum Gasteiger partial charge on any atom is 0.240 e. The number of hydrogen-bond donors (Lipinski definition) is 2. The highest BCUT2D eigenvalue weighted by atomic mass is 16.2. The molecule has 1 amide bonds. The number of nitrogens with one attached hydrogen (secondary N) is 1. The summed E-state index contributed by atoms with van der Waals surface area (Å²) in [6, 6.07) is 20.0. The third-order valence-corrected chi connectivity index (χ3v) is 5.25.